The average Bonchev–Trinajstić information content (AvgIpc) is 3.34. The molecule has 1 aliphatic heterocycles. The standard InChI is InChI=1S/C21H14N6O5/c28-19-15-11-23-26(16-7-3-4-8-17(16)27(31)32)18(15)22-12-24(19)9-10-25-20(29)13-5-1-2-6-14(13)21(25)30/h1-8,11-12H,9-10H2. The summed E-state index contributed by atoms with van der Waals surface area (Å²) in [4.78, 5) is 54.1. The lowest BCUT2D eigenvalue weighted by molar-refractivity contribution is -0.384. The maximum absolute atomic E-state index is 12.9. The number of rotatable bonds is 5. The Bertz CT molecular complexity index is 1450. The second-order valence-electron chi connectivity index (χ2n) is 7.09. The van der Waals surface area contributed by atoms with Crippen molar-refractivity contribution in [2.24, 2.45) is 0 Å². The van der Waals surface area contributed by atoms with Crippen LogP contribution in [0.25, 0.3) is 16.7 Å². The molecule has 0 bridgehead atoms. The van der Waals surface area contributed by atoms with Gasteiger partial charge in [0.1, 0.15) is 17.4 Å². The third-order valence-electron chi connectivity index (χ3n) is 5.30. The first-order valence-electron chi connectivity index (χ1n) is 9.59. The van der Waals surface area contributed by atoms with Crippen LogP contribution in [-0.4, -0.2) is 47.5 Å². The van der Waals surface area contributed by atoms with Crippen LogP contribution in [-0.2, 0) is 6.54 Å². The van der Waals surface area contributed by atoms with E-state index in [0.29, 0.717) is 11.1 Å². The van der Waals surface area contributed by atoms with Crippen molar-refractivity contribution in [1.82, 2.24) is 24.2 Å². The number of imide groups is 1. The number of nitro groups is 1. The minimum absolute atomic E-state index is 0.00225. The van der Waals surface area contributed by atoms with Crippen LogP contribution in [0, 0.1) is 10.1 Å². The number of hydrogen-bond donors (Lipinski definition) is 0. The number of hydrogen-bond acceptors (Lipinski definition) is 7. The molecule has 158 valence electrons. The highest BCUT2D eigenvalue weighted by molar-refractivity contribution is 6.21. The molecule has 0 saturated heterocycles. The van der Waals surface area contributed by atoms with E-state index in [1.165, 1.54) is 40.0 Å². The number of carbonyl (C=O) groups excluding carboxylic acids is 2. The van der Waals surface area contributed by atoms with Gasteiger partial charge in [-0.1, -0.05) is 24.3 Å². The molecule has 0 radical (unpaired) electrons. The molecule has 2 aromatic carbocycles. The van der Waals surface area contributed by atoms with Crippen LogP contribution >= 0.6 is 0 Å². The van der Waals surface area contributed by atoms with Crippen LogP contribution in [0.1, 0.15) is 20.7 Å². The first kappa shape index (κ1) is 19.3. The van der Waals surface area contributed by atoms with Gasteiger partial charge in [-0.05, 0) is 18.2 Å². The molecular formula is C21H14N6O5. The van der Waals surface area contributed by atoms with Crippen molar-refractivity contribution in [2.75, 3.05) is 6.54 Å². The molecule has 2 aromatic heterocycles. The zero-order valence-corrected chi connectivity index (χ0v) is 16.4. The van der Waals surface area contributed by atoms with Crippen LogP contribution in [0.3, 0.4) is 0 Å². The fourth-order valence-corrected chi connectivity index (χ4v) is 3.73. The predicted molar refractivity (Wildman–Crippen MR) is 112 cm³/mol. The van der Waals surface area contributed by atoms with Crippen LogP contribution in [0.15, 0.2) is 65.8 Å². The van der Waals surface area contributed by atoms with Gasteiger partial charge in [0.2, 0.25) is 0 Å². The quantitative estimate of drug-likeness (QED) is 0.268. The van der Waals surface area contributed by atoms with E-state index in [1.54, 1.807) is 30.3 Å². The van der Waals surface area contributed by atoms with E-state index in [2.05, 4.69) is 10.1 Å². The summed E-state index contributed by atoms with van der Waals surface area (Å²) in [6.45, 7) is 0.0433. The van der Waals surface area contributed by atoms with Gasteiger partial charge in [-0.25, -0.2) is 9.67 Å². The molecule has 32 heavy (non-hydrogen) atoms. The number of aromatic nitrogens is 4. The van der Waals surface area contributed by atoms with Crippen molar-refractivity contribution in [3.8, 4) is 5.69 Å². The molecule has 11 nitrogen and oxygen atoms in total. The Morgan fingerprint density at radius 1 is 0.906 bits per heavy atom. The van der Waals surface area contributed by atoms with E-state index >= 15 is 0 Å². The Hall–Kier alpha value is -4.67. The SMILES string of the molecule is O=C1c2ccccc2C(=O)N1CCn1cnc2c(cnn2-c2ccccc2[N+](=O)[O-])c1=O. The molecule has 0 unspecified atom stereocenters. The van der Waals surface area contributed by atoms with E-state index in [-0.39, 0.29) is 35.5 Å². The van der Waals surface area contributed by atoms with Crippen molar-refractivity contribution in [2.45, 2.75) is 6.54 Å². The Labute approximate surface area is 179 Å². The third-order valence-corrected chi connectivity index (χ3v) is 5.30. The molecule has 2 amide bonds. The molecule has 5 rings (SSSR count). The summed E-state index contributed by atoms with van der Waals surface area (Å²) >= 11 is 0. The van der Waals surface area contributed by atoms with Crippen molar-refractivity contribution >= 4 is 28.5 Å². The van der Waals surface area contributed by atoms with Gasteiger partial charge in [0.15, 0.2) is 5.65 Å². The number of carbonyl (C=O) groups is 2. The minimum atomic E-state index is -0.536. The van der Waals surface area contributed by atoms with Crippen LogP contribution in [0.5, 0.6) is 0 Å². The van der Waals surface area contributed by atoms with Crippen molar-refractivity contribution < 1.29 is 14.5 Å². The molecule has 0 N–H and O–H groups in total. The van der Waals surface area contributed by atoms with Gasteiger partial charge in [-0.15, -0.1) is 0 Å². The molecule has 11 heteroatoms. The smallest absolute Gasteiger partial charge is 0.294 e. The van der Waals surface area contributed by atoms with Gasteiger partial charge < -0.3 is 0 Å². The highest BCUT2D eigenvalue weighted by Crippen LogP contribution is 2.24. The summed E-state index contributed by atoms with van der Waals surface area (Å²) in [7, 11) is 0. The Balaban J connectivity index is 1.45. The zero-order valence-electron chi connectivity index (χ0n) is 16.4. The predicted octanol–water partition coefficient (Wildman–Crippen LogP) is 1.79. The van der Waals surface area contributed by atoms with Crippen LogP contribution in [0.2, 0.25) is 0 Å². The number of nitrogens with zero attached hydrogens (tertiary/aromatic N) is 6. The number of para-hydroxylation sites is 2. The van der Waals surface area contributed by atoms with E-state index in [1.807, 2.05) is 0 Å². The van der Waals surface area contributed by atoms with Gasteiger partial charge in [0, 0.05) is 19.2 Å². The van der Waals surface area contributed by atoms with Gasteiger partial charge in [-0.2, -0.15) is 5.10 Å². The molecular weight excluding hydrogens is 416 g/mol. The molecule has 3 heterocycles. The molecule has 4 aromatic rings. The van der Waals surface area contributed by atoms with Gasteiger partial charge >= 0.3 is 0 Å². The summed E-state index contributed by atoms with van der Waals surface area (Å²) in [6.07, 6.45) is 2.57. The van der Waals surface area contributed by atoms with Gasteiger partial charge in [0.05, 0.1) is 22.2 Å². The first-order valence-corrected chi connectivity index (χ1v) is 9.59. The number of nitro benzene ring substituents is 1. The molecule has 0 aliphatic carbocycles. The lowest BCUT2D eigenvalue weighted by Gasteiger charge is -2.14. The topological polar surface area (TPSA) is 133 Å². The second kappa shape index (κ2) is 7.23. The second-order valence-corrected chi connectivity index (χ2v) is 7.09. The lowest BCUT2D eigenvalue weighted by Crippen LogP contribution is -2.35. The summed E-state index contributed by atoms with van der Waals surface area (Å²) in [5.74, 6) is -0.811. The fraction of sp³-hybridized carbons (Fsp3) is 0.0952. The molecule has 0 fully saturated rings. The van der Waals surface area contributed by atoms with Crippen molar-refractivity contribution in [1.29, 1.82) is 0 Å². The molecule has 1 aliphatic rings. The Kier molecular flexibility index (Phi) is 4.36. The maximum Gasteiger partial charge on any atom is 0.294 e. The van der Waals surface area contributed by atoms with Gasteiger partial charge in [0.25, 0.3) is 23.1 Å². The van der Waals surface area contributed by atoms with Gasteiger partial charge in [-0.3, -0.25) is 34.0 Å². The monoisotopic (exact) mass is 430 g/mol. The van der Waals surface area contributed by atoms with E-state index in [0.717, 1.165) is 4.90 Å². The fourth-order valence-electron chi connectivity index (χ4n) is 3.73. The van der Waals surface area contributed by atoms with E-state index < -0.39 is 22.3 Å². The lowest BCUT2D eigenvalue weighted by atomic mass is 10.1. The largest absolute Gasteiger partial charge is 0.297 e. The maximum atomic E-state index is 12.9. The number of benzene rings is 2. The van der Waals surface area contributed by atoms with E-state index in [4.69, 9.17) is 0 Å². The number of fused-ring (bicyclic) bond motifs is 2. The van der Waals surface area contributed by atoms with Crippen LogP contribution < -0.4 is 5.56 Å². The molecule has 0 saturated carbocycles. The summed E-state index contributed by atoms with van der Waals surface area (Å²) in [6, 6.07) is 12.6. The molecule has 0 atom stereocenters. The van der Waals surface area contributed by atoms with Crippen LogP contribution in [0.4, 0.5) is 5.69 Å². The third kappa shape index (κ3) is 2.87. The Morgan fingerprint density at radius 2 is 1.56 bits per heavy atom. The first-order chi connectivity index (χ1) is 15.5. The van der Waals surface area contributed by atoms with E-state index in [9.17, 15) is 24.5 Å². The highest BCUT2D eigenvalue weighted by atomic mass is 16.6. The van der Waals surface area contributed by atoms with Crippen molar-refractivity contribution in [3.63, 3.8) is 0 Å². The summed E-state index contributed by atoms with van der Waals surface area (Å²) < 4.78 is 2.51. The average molecular weight is 430 g/mol. The Morgan fingerprint density at radius 3 is 2.25 bits per heavy atom. The van der Waals surface area contributed by atoms with Crippen molar-refractivity contribution in [3.05, 3.63) is 92.7 Å². The highest BCUT2D eigenvalue weighted by Gasteiger charge is 2.34. The summed E-state index contributed by atoms with van der Waals surface area (Å²) in [5, 5.41) is 15.6. The zero-order chi connectivity index (χ0) is 22.4. The normalized spacial score (nSPS) is 13.1. The minimum Gasteiger partial charge on any atom is -0.297 e. The summed E-state index contributed by atoms with van der Waals surface area (Å²) in [5.41, 5.74) is 0.420. The number of amides is 2. The molecule has 0 spiro atoms.